The van der Waals surface area contributed by atoms with Gasteiger partial charge in [-0.15, -0.1) is 0 Å². The summed E-state index contributed by atoms with van der Waals surface area (Å²) in [7, 11) is 0. The summed E-state index contributed by atoms with van der Waals surface area (Å²) in [6.45, 7) is 3.77. The molecule has 1 fully saturated rings. The van der Waals surface area contributed by atoms with E-state index in [4.69, 9.17) is 16.3 Å². The summed E-state index contributed by atoms with van der Waals surface area (Å²) in [5, 5.41) is 3.15. The minimum atomic E-state index is -0.992. The highest BCUT2D eigenvalue weighted by molar-refractivity contribution is 6.30. The average Bonchev–Trinajstić information content (AvgIpc) is 3.09. The van der Waals surface area contributed by atoms with E-state index in [-0.39, 0.29) is 18.9 Å². The van der Waals surface area contributed by atoms with E-state index < -0.39 is 23.9 Å². The molecule has 2 atom stereocenters. The van der Waals surface area contributed by atoms with Crippen LogP contribution in [0.4, 0.5) is 11.4 Å². The quantitative estimate of drug-likeness (QED) is 0.729. The van der Waals surface area contributed by atoms with Gasteiger partial charge in [0.25, 0.3) is 5.91 Å². The van der Waals surface area contributed by atoms with E-state index in [1.54, 1.807) is 29.2 Å². The van der Waals surface area contributed by atoms with Crippen molar-refractivity contribution in [1.29, 1.82) is 0 Å². The molecule has 3 rings (SSSR count). The second kappa shape index (κ2) is 9.09. The third-order valence-corrected chi connectivity index (χ3v) is 5.11. The maximum Gasteiger partial charge on any atom is 0.312 e. The number of nitrogens with one attached hydrogen (secondary N) is 1. The lowest BCUT2D eigenvalue weighted by molar-refractivity contribution is -0.157. The van der Waals surface area contributed by atoms with E-state index in [9.17, 15) is 14.4 Å². The standard InChI is InChI=1S/C22H23ClN2O4/c1-3-15-7-4-5-10-19(15)25-13-16(11-20(25)26)22(28)29-14(2)21(27)24-18-9-6-8-17(23)12-18/h4-10,12,14,16H,3,11,13H2,1-2H3,(H,24,27)/t14-,16-/m0/s1. The summed E-state index contributed by atoms with van der Waals surface area (Å²) < 4.78 is 5.32. The van der Waals surface area contributed by atoms with Crippen LogP contribution >= 0.6 is 11.6 Å². The van der Waals surface area contributed by atoms with Crippen molar-refractivity contribution in [3.63, 3.8) is 0 Å². The number of rotatable bonds is 6. The van der Waals surface area contributed by atoms with Crippen LogP contribution in [0.5, 0.6) is 0 Å². The summed E-state index contributed by atoms with van der Waals surface area (Å²) >= 11 is 5.90. The molecule has 1 N–H and O–H groups in total. The van der Waals surface area contributed by atoms with Gasteiger partial charge in [-0.25, -0.2) is 0 Å². The molecule has 2 aromatic carbocycles. The van der Waals surface area contributed by atoms with Crippen LogP contribution in [0, 0.1) is 5.92 Å². The normalized spacial score (nSPS) is 17.1. The van der Waals surface area contributed by atoms with Crippen LogP contribution in [0.2, 0.25) is 5.02 Å². The van der Waals surface area contributed by atoms with E-state index in [1.165, 1.54) is 6.92 Å². The van der Waals surface area contributed by atoms with Gasteiger partial charge < -0.3 is 15.0 Å². The highest BCUT2D eigenvalue weighted by atomic mass is 35.5. The van der Waals surface area contributed by atoms with Gasteiger partial charge in [0.15, 0.2) is 6.10 Å². The summed E-state index contributed by atoms with van der Waals surface area (Å²) in [6.07, 6.45) is -0.136. The average molecular weight is 415 g/mol. The van der Waals surface area contributed by atoms with Gasteiger partial charge in [-0.2, -0.15) is 0 Å². The van der Waals surface area contributed by atoms with Gasteiger partial charge in [0, 0.05) is 29.4 Å². The van der Waals surface area contributed by atoms with E-state index in [2.05, 4.69) is 5.32 Å². The fourth-order valence-corrected chi connectivity index (χ4v) is 3.50. The van der Waals surface area contributed by atoms with Crippen molar-refractivity contribution in [2.75, 3.05) is 16.8 Å². The van der Waals surface area contributed by atoms with Crippen LogP contribution in [-0.2, 0) is 25.5 Å². The Morgan fingerprint density at radius 3 is 2.72 bits per heavy atom. The zero-order valence-electron chi connectivity index (χ0n) is 16.4. The molecule has 6 nitrogen and oxygen atoms in total. The second-order valence-corrected chi connectivity index (χ2v) is 7.40. The zero-order chi connectivity index (χ0) is 21.0. The lowest BCUT2D eigenvalue weighted by Crippen LogP contribution is -2.33. The first kappa shape index (κ1) is 20.9. The molecule has 0 bridgehead atoms. The monoisotopic (exact) mass is 414 g/mol. The number of aryl methyl sites for hydroxylation is 1. The smallest absolute Gasteiger partial charge is 0.312 e. The number of benzene rings is 2. The Morgan fingerprint density at radius 1 is 1.24 bits per heavy atom. The van der Waals surface area contributed by atoms with Crippen LogP contribution in [-0.4, -0.2) is 30.4 Å². The molecule has 29 heavy (non-hydrogen) atoms. The topological polar surface area (TPSA) is 75.7 Å². The summed E-state index contributed by atoms with van der Waals surface area (Å²) in [5.74, 6) is -1.74. The molecule has 0 radical (unpaired) electrons. The third-order valence-electron chi connectivity index (χ3n) is 4.88. The Morgan fingerprint density at radius 2 is 2.00 bits per heavy atom. The molecule has 0 saturated carbocycles. The van der Waals surface area contributed by atoms with Crippen LogP contribution < -0.4 is 10.2 Å². The lowest BCUT2D eigenvalue weighted by atomic mass is 10.1. The molecule has 0 spiro atoms. The van der Waals surface area contributed by atoms with Crippen molar-refractivity contribution < 1.29 is 19.1 Å². The van der Waals surface area contributed by atoms with Crippen LogP contribution in [0.1, 0.15) is 25.8 Å². The van der Waals surface area contributed by atoms with Gasteiger partial charge in [-0.3, -0.25) is 14.4 Å². The first-order valence-corrected chi connectivity index (χ1v) is 9.92. The maximum absolute atomic E-state index is 12.5. The largest absolute Gasteiger partial charge is 0.452 e. The molecule has 0 unspecified atom stereocenters. The maximum atomic E-state index is 12.5. The molecule has 1 saturated heterocycles. The van der Waals surface area contributed by atoms with E-state index in [0.717, 1.165) is 17.7 Å². The molecular weight excluding hydrogens is 392 g/mol. The number of carbonyl (C=O) groups is 3. The van der Waals surface area contributed by atoms with Gasteiger partial charge in [-0.05, 0) is 43.2 Å². The Hall–Kier alpha value is -2.86. The molecule has 0 aliphatic carbocycles. The molecule has 0 aromatic heterocycles. The van der Waals surface area contributed by atoms with Gasteiger partial charge in [0.1, 0.15) is 0 Å². The number of esters is 1. The minimum absolute atomic E-state index is 0.0690. The number of halogens is 1. The fourth-order valence-electron chi connectivity index (χ4n) is 3.31. The number of hydrogen-bond acceptors (Lipinski definition) is 4. The number of nitrogens with zero attached hydrogens (tertiary/aromatic N) is 1. The van der Waals surface area contributed by atoms with Crippen LogP contribution in [0.3, 0.4) is 0 Å². The van der Waals surface area contributed by atoms with Crippen molar-refractivity contribution in [1.82, 2.24) is 0 Å². The molecule has 7 heteroatoms. The van der Waals surface area contributed by atoms with Crippen LogP contribution in [0.15, 0.2) is 48.5 Å². The first-order chi connectivity index (χ1) is 13.9. The van der Waals surface area contributed by atoms with Crippen LogP contribution in [0.25, 0.3) is 0 Å². The van der Waals surface area contributed by atoms with Crippen molar-refractivity contribution >= 4 is 40.8 Å². The number of amides is 2. The molecule has 2 aromatic rings. The molecule has 1 aliphatic rings. The van der Waals surface area contributed by atoms with E-state index >= 15 is 0 Å². The number of anilines is 2. The highest BCUT2D eigenvalue weighted by Gasteiger charge is 2.37. The summed E-state index contributed by atoms with van der Waals surface area (Å²) in [6, 6.07) is 14.3. The second-order valence-electron chi connectivity index (χ2n) is 6.97. The minimum Gasteiger partial charge on any atom is -0.452 e. The van der Waals surface area contributed by atoms with E-state index in [0.29, 0.717) is 10.7 Å². The zero-order valence-corrected chi connectivity index (χ0v) is 17.1. The summed E-state index contributed by atoms with van der Waals surface area (Å²) in [4.78, 5) is 38.9. The Balaban J connectivity index is 1.60. The Labute approximate surface area is 174 Å². The predicted octanol–water partition coefficient (Wildman–Crippen LogP) is 3.83. The van der Waals surface area contributed by atoms with Crippen molar-refractivity contribution in [2.24, 2.45) is 5.92 Å². The van der Waals surface area contributed by atoms with Gasteiger partial charge in [-0.1, -0.05) is 42.8 Å². The number of hydrogen-bond donors (Lipinski definition) is 1. The number of carbonyl (C=O) groups excluding carboxylic acids is 3. The molecule has 1 aliphatic heterocycles. The number of ether oxygens (including phenoxy) is 1. The lowest BCUT2D eigenvalue weighted by Gasteiger charge is -2.20. The fraction of sp³-hybridized carbons (Fsp3) is 0.318. The molecule has 152 valence electrons. The molecular formula is C22H23ClN2O4. The van der Waals surface area contributed by atoms with Crippen molar-refractivity contribution in [3.05, 3.63) is 59.1 Å². The first-order valence-electron chi connectivity index (χ1n) is 9.54. The highest BCUT2D eigenvalue weighted by Crippen LogP contribution is 2.29. The third kappa shape index (κ3) is 4.95. The van der Waals surface area contributed by atoms with E-state index in [1.807, 2.05) is 31.2 Å². The Bertz CT molecular complexity index is 931. The van der Waals surface area contributed by atoms with Gasteiger partial charge in [0.2, 0.25) is 5.91 Å². The number of para-hydroxylation sites is 1. The van der Waals surface area contributed by atoms with Gasteiger partial charge >= 0.3 is 5.97 Å². The summed E-state index contributed by atoms with van der Waals surface area (Å²) in [5.41, 5.74) is 2.38. The Kier molecular flexibility index (Phi) is 6.54. The SMILES string of the molecule is CCc1ccccc1N1C[C@@H](C(=O)O[C@@H](C)C(=O)Nc2cccc(Cl)c2)CC1=O. The molecule has 2 amide bonds. The van der Waals surface area contributed by atoms with Crippen molar-refractivity contribution in [3.8, 4) is 0 Å². The van der Waals surface area contributed by atoms with Crippen molar-refractivity contribution in [2.45, 2.75) is 32.8 Å². The predicted molar refractivity (Wildman–Crippen MR) is 112 cm³/mol. The van der Waals surface area contributed by atoms with Gasteiger partial charge in [0.05, 0.1) is 5.92 Å². The molecule has 1 heterocycles.